The first-order valence-corrected chi connectivity index (χ1v) is 8.29. The van der Waals surface area contributed by atoms with E-state index in [9.17, 15) is 4.79 Å². The Balaban J connectivity index is 1.80. The molecular formula is C16H24BrN3O. The number of nitrogens with zero attached hydrogens (tertiary/aromatic N) is 1. The normalized spacial score (nSPS) is 18.8. The number of piperidine rings is 1. The van der Waals surface area contributed by atoms with Gasteiger partial charge in [-0.3, -0.25) is 9.69 Å². The number of amides is 1. The molecule has 1 atom stereocenters. The fourth-order valence-corrected chi connectivity index (χ4v) is 3.33. The summed E-state index contributed by atoms with van der Waals surface area (Å²) in [6.45, 7) is 5.62. The SMILES string of the molecule is Cc1ccc(NC(=O)CN(C)CC2CCCNC2)c(Br)c1. The van der Waals surface area contributed by atoms with Crippen LogP contribution in [0.15, 0.2) is 22.7 Å². The highest BCUT2D eigenvalue weighted by Gasteiger charge is 2.16. The van der Waals surface area contributed by atoms with Crippen molar-refractivity contribution in [3.8, 4) is 0 Å². The molecule has 5 heteroatoms. The molecule has 1 aliphatic heterocycles. The minimum atomic E-state index is 0.0332. The monoisotopic (exact) mass is 353 g/mol. The summed E-state index contributed by atoms with van der Waals surface area (Å²) in [4.78, 5) is 14.2. The maximum absolute atomic E-state index is 12.1. The molecule has 1 aliphatic rings. The molecule has 21 heavy (non-hydrogen) atoms. The summed E-state index contributed by atoms with van der Waals surface area (Å²) >= 11 is 3.48. The first kappa shape index (κ1) is 16.5. The highest BCUT2D eigenvalue weighted by molar-refractivity contribution is 9.10. The van der Waals surface area contributed by atoms with E-state index in [2.05, 4.69) is 31.5 Å². The Morgan fingerprint density at radius 3 is 3.00 bits per heavy atom. The minimum absolute atomic E-state index is 0.0332. The Hall–Kier alpha value is -0.910. The zero-order valence-electron chi connectivity index (χ0n) is 12.8. The molecule has 0 aromatic heterocycles. The molecule has 0 bridgehead atoms. The maximum Gasteiger partial charge on any atom is 0.238 e. The Labute approximate surface area is 135 Å². The molecule has 2 N–H and O–H groups in total. The van der Waals surface area contributed by atoms with Crippen LogP contribution >= 0.6 is 15.9 Å². The number of aryl methyl sites for hydroxylation is 1. The number of carbonyl (C=O) groups excluding carboxylic acids is 1. The van der Waals surface area contributed by atoms with Gasteiger partial charge in [0.2, 0.25) is 5.91 Å². The lowest BCUT2D eigenvalue weighted by Gasteiger charge is -2.27. The van der Waals surface area contributed by atoms with E-state index in [1.165, 1.54) is 18.4 Å². The van der Waals surface area contributed by atoms with Gasteiger partial charge in [0.15, 0.2) is 0 Å². The minimum Gasteiger partial charge on any atom is -0.324 e. The number of benzene rings is 1. The topological polar surface area (TPSA) is 44.4 Å². The standard InChI is InChI=1S/C16H24BrN3O/c1-12-5-6-15(14(17)8-12)19-16(21)11-20(2)10-13-4-3-7-18-9-13/h5-6,8,13,18H,3-4,7,9-11H2,1-2H3,(H,19,21). The molecule has 1 amide bonds. The highest BCUT2D eigenvalue weighted by Crippen LogP contribution is 2.23. The fraction of sp³-hybridized carbons (Fsp3) is 0.562. The lowest BCUT2D eigenvalue weighted by molar-refractivity contribution is -0.117. The van der Waals surface area contributed by atoms with Crippen molar-refractivity contribution in [1.82, 2.24) is 10.2 Å². The van der Waals surface area contributed by atoms with Crippen molar-refractivity contribution in [3.63, 3.8) is 0 Å². The molecule has 0 spiro atoms. The third kappa shape index (κ3) is 5.41. The second-order valence-electron chi connectivity index (χ2n) is 5.94. The van der Waals surface area contributed by atoms with E-state index in [1.54, 1.807) is 0 Å². The lowest BCUT2D eigenvalue weighted by atomic mass is 9.99. The average molecular weight is 354 g/mol. The number of nitrogens with one attached hydrogen (secondary N) is 2. The van der Waals surface area contributed by atoms with Gasteiger partial charge in [0, 0.05) is 11.0 Å². The first-order valence-electron chi connectivity index (χ1n) is 7.50. The molecule has 1 saturated heterocycles. The van der Waals surface area contributed by atoms with Crippen LogP contribution in [-0.4, -0.2) is 44.0 Å². The smallest absolute Gasteiger partial charge is 0.238 e. The number of hydrogen-bond acceptors (Lipinski definition) is 3. The van der Waals surface area contributed by atoms with Gasteiger partial charge in [-0.2, -0.15) is 0 Å². The summed E-state index contributed by atoms with van der Waals surface area (Å²) in [6, 6.07) is 5.94. The van der Waals surface area contributed by atoms with Crippen LogP contribution < -0.4 is 10.6 Å². The number of hydrogen-bond donors (Lipinski definition) is 2. The molecule has 1 unspecified atom stereocenters. The fourth-order valence-electron chi connectivity index (χ4n) is 2.74. The van der Waals surface area contributed by atoms with Gasteiger partial charge < -0.3 is 10.6 Å². The van der Waals surface area contributed by atoms with Crippen LogP contribution in [0.25, 0.3) is 0 Å². The second kappa shape index (κ2) is 7.92. The van der Waals surface area contributed by atoms with E-state index in [-0.39, 0.29) is 5.91 Å². The second-order valence-corrected chi connectivity index (χ2v) is 6.79. The summed E-state index contributed by atoms with van der Waals surface area (Å²) in [5.41, 5.74) is 2.00. The Morgan fingerprint density at radius 2 is 2.33 bits per heavy atom. The summed E-state index contributed by atoms with van der Waals surface area (Å²) in [5.74, 6) is 0.688. The first-order chi connectivity index (χ1) is 10.0. The van der Waals surface area contributed by atoms with Gasteiger partial charge in [-0.05, 0) is 79.4 Å². The van der Waals surface area contributed by atoms with Crippen LogP contribution in [0.1, 0.15) is 18.4 Å². The molecule has 2 rings (SSSR count). The van der Waals surface area contributed by atoms with Crippen molar-refractivity contribution < 1.29 is 4.79 Å². The number of halogens is 1. The van der Waals surface area contributed by atoms with Crippen molar-refractivity contribution in [2.75, 3.05) is 38.5 Å². The highest BCUT2D eigenvalue weighted by atomic mass is 79.9. The van der Waals surface area contributed by atoms with Crippen LogP contribution in [0.2, 0.25) is 0 Å². The van der Waals surface area contributed by atoms with Gasteiger partial charge in [0.05, 0.1) is 12.2 Å². The van der Waals surface area contributed by atoms with Gasteiger partial charge in [0.1, 0.15) is 0 Å². The van der Waals surface area contributed by atoms with Gasteiger partial charge in [-0.25, -0.2) is 0 Å². The van der Waals surface area contributed by atoms with Crippen LogP contribution in [0.3, 0.4) is 0 Å². The van der Waals surface area contributed by atoms with Crippen LogP contribution in [0.5, 0.6) is 0 Å². The Bertz CT molecular complexity index is 486. The van der Waals surface area contributed by atoms with Crippen LogP contribution in [0, 0.1) is 12.8 Å². The molecule has 116 valence electrons. The van der Waals surface area contributed by atoms with E-state index in [1.807, 2.05) is 32.2 Å². The largest absolute Gasteiger partial charge is 0.324 e. The number of likely N-dealkylation sites (N-methyl/N-ethyl adjacent to an activating group) is 1. The Kier molecular flexibility index (Phi) is 6.21. The van der Waals surface area contributed by atoms with E-state index in [0.717, 1.165) is 29.8 Å². The molecule has 1 heterocycles. The molecule has 1 aromatic carbocycles. The summed E-state index contributed by atoms with van der Waals surface area (Å²) < 4.78 is 0.926. The van der Waals surface area contributed by atoms with E-state index >= 15 is 0 Å². The summed E-state index contributed by atoms with van der Waals surface area (Å²) in [7, 11) is 2.01. The predicted molar refractivity (Wildman–Crippen MR) is 90.6 cm³/mol. The Morgan fingerprint density at radius 1 is 1.52 bits per heavy atom. The van der Waals surface area contributed by atoms with Gasteiger partial charge >= 0.3 is 0 Å². The number of rotatable bonds is 5. The molecule has 1 fully saturated rings. The molecule has 4 nitrogen and oxygen atoms in total. The van der Waals surface area contributed by atoms with Crippen molar-refractivity contribution in [2.24, 2.45) is 5.92 Å². The van der Waals surface area contributed by atoms with Crippen LogP contribution in [0.4, 0.5) is 5.69 Å². The third-order valence-electron chi connectivity index (χ3n) is 3.78. The van der Waals surface area contributed by atoms with Crippen molar-refractivity contribution in [1.29, 1.82) is 0 Å². The van der Waals surface area contributed by atoms with Crippen molar-refractivity contribution >= 4 is 27.5 Å². The average Bonchev–Trinajstić information content (AvgIpc) is 2.43. The quantitative estimate of drug-likeness (QED) is 0.855. The van der Waals surface area contributed by atoms with Crippen molar-refractivity contribution in [3.05, 3.63) is 28.2 Å². The molecule has 0 aliphatic carbocycles. The van der Waals surface area contributed by atoms with Gasteiger partial charge in [0.25, 0.3) is 0 Å². The molecular weight excluding hydrogens is 330 g/mol. The lowest BCUT2D eigenvalue weighted by Crippen LogP contribution is -2.39. The summed E-state index contributed by atoms with van der Waals surface area (Å²) in [6.07, 6.45) is 2.49. The van der Waals surface area contributed by atoms with Crippen LogP contribution in [-0.2, 0) is 4.79 Å². The summed E-state index contributed by atoms with van der Waals surface area (Å²) in [5, 5.41) is 6.38. The van der Waals surface area contributed by atoms with E-state index in [4.69, 9.17) is 0 Å². The van der Waals surface area contributed by atoms with Gasteiger partial charge in [-0.1, -0.05) is 6.07 Å². The number of carbonyl (C=O) groups is 1. The third-order valence-corrected chi connectivity index (χ3v) is 4.44. The van der Waals surface area contributed by atoms with Gasteiger partial charge in [-0.15, -0.1) is 0 Å². The zero-order chi connectivity index (χ0) is 15.2. The predicted octanol–water partition coefficient (Wildman–Crippen LogP) is 2.63. The van der Waals surface area contributed by atoms with E-state index < -0.39 is 0 Å². The van der Waals surface area contributed by atoms with E-state index in [0.29, 0.717) is 12.5 Å². The maximum atomic E-state index is 12.1. The molecule has 0 radical (unpaired) electrons. The molecule has 0 saturated carbocycles. The molecule has 1 aromatic rings. The zero-order valence-corrected chi connectivity index (χ0v) is 14.4. The van der Waals surface area contributed by atoms with Crippen molar-refractivity contribution in [2.45, 2.75) is 19.8 Å². The number of anilines is 1.